The summed E-state index contributed by atoms with van der Waals surface area (Å²) in [5.74, 6) is 0.768. The number of anilines is 1. The van der Waals surface area contributed by atoms with Crippen LogP contribution >= 0.6 is 12.4 Å². The fourth-order valence-corrected chi connectivity index (χ4v) is 3.12. The Labute approximate surface area is 162 Å². The van der Waals surface area contributed by atoms with Gasteiger partial charge in [0.15, 0.2) is 5.82 Å². The van der Waals surface area contributed by atoms with Crippen molar-refractivity contribution in [2.75, 3.05) is 5.32 Å². The molecule has 0 atom stereocenters. The summed E-state index contributed by atoms with van der Waals surface area (Å²) in [6.45, 7) is 3.63. The lowest BCUT2D eigenvalue weighted by Gasteiger charge is -2.15. The van der Waals surface area contributed by atoms with E-state index in [2.05, 4.69) is 15.5 Å². The van der Waals surface area contributed by atoms with Crippen molar-refractivity contribution >= 4 is 35.0 Å². The Morgan fingerprint density at radius 3 is 2.41 bits per heavy atom. The van der Waals surface area contributed by atoms with E-state index in [-0.39, 0.29) is 18.3 Å². The summed E-state index contributed by atoms with van der Waals surface area (Å²) < 4.78 is 5.04. The van der Waals surface area contributed by atoms with Gasteiger partial charge in [0.05, 0.1) is 16.8 Å². The smallest absolute Gasteiger partial charge is 0.259 e. The minimum Gasteiger partial charge on any atom is -0.360 e. The van der Waals surface area contributed by atoms with Crippen molar-refractivity contribution in [1.29, 1.82) is 0 Å². The summed E-state index contributed by atoms with van der Waals surface area (Å²) in [5.41, 5.74) is 3.90. The zero-order chi connectivity index (χ0) is 18.1. The number of fused-ring (bicyclic) bond motifs is 1. The number of carbonyl (C=O) groups is 1. The number of aromatic nitrogens is 2. The number of nitrogens with one attached hydrogen (secondary N) is 1. The number of carbonyl (C=O) groups excluding carboxylic acids is 1. The fraction of sp³-hybridized carbons (Fsp3) is 0.0952. The van der Waals surface area contributed by atoms with Crippen LogP contribution in [0, 0.1) is 13.8 Å². The molecular weight excluding hydrogens is 362 g/mol. The number of hydrogen-bond donors (Lipinski definition) is 1. The van der Waals surface area contributed by atoms with E-state index < -0.39 is 0 Å². The van der Waals surface area contributed by atoms with Crippen molar-refractivity contribution in [2.24, 2.45) is 0 Å². The van der Waals surface area contributed by atoms with E-state index in [1.165, 1.54) is 0 Å². The van der Waals surface area contributed by atoms with Crippen molar-refractivity contribution in [2.45, 2.75) is 13.8 Å². The normalized spacial score (nSPS) is 10.4. The van der Waals surface area contributed by atoms with Crippen LogP contribution in [0.1, 0.15) is 21.8 Å². The molecule has 0 aliphatic rings. The summed E-state index contributed by atoms with van der Waals surface area (Å²) >= 11 is 0. The number of para-hydroxylation sites is 1. The predicted octanol–water partition coefficient (Wildman–Crippen LogP) is 5.18. The lowest BCUT2D eigenvalue weighted by Crippen LogP contribution is -2.16. The highest BCUT2D eigenvalue weighted by molar-refractivity contribution is 6.14. The highest BCUT2D eigenvalue weighted by Crippen LogP contribution is 2.33. The van der Waals surface area contributed by atoms with Crippen molar-refractivity contribution in [1.82, 2.24) is 10.1 Å². The molecule has 0 radical (unpaired) electrons. The van der Waals surface area contributed by atoms with Gasteiger partial charge in [0, 0.05) is 17.0 Å². The first-order chi connectivity index (χ1) is 12.6. The minimum atomic E-state index is -0.257. The maximum atomic E-state index is 13.0. The first-order valence-electron chi connectivity index (χ1n) is 8.33. The number of hydrogen-bond acceptors (Lipinski definition) is 4. The van der Waals surface area contributed by atoms with Gasteiger partial charge in [-0.1, -0.05) is 53.7 Å². The Bertz CT molecular complexity index is 1110. The van der Waals surface area contributed by atoms with Gasteiger partial charge in [-0.25, -0.2) is 0 Å². The van der Waals surface area contributed by atoms with Gasteiger partial charge >= 0.3 is 0 Å². The van der Waals surface area contributed by atoms with Gasteiger partial charge < -0.3 is 9.84 Å². The van der Waals surface area contributed by atoms with Gasteiger partial charge in [0.25, 0.3) is 5.91 Å². The molecule has 0 unspecified atom stereocenters. The number of rotatable bonds is 3. The topological polar surface area (TPSA) is 68.0 Å². The summed E-state index contributed by atoms with van der Waals surface area (Å²) in [6, 6.07) is 19.4. The summed E-state index contributed by atoms with van der Waals surface area (Å²) in [6.07, 6.45) is 0. The van der Waals surface area contributed by atoms with E-state index in [4.69, 9.17) is 4.52 Å². The van der Waals surface area contributed by atoms with E-state index in [9.17, 15) is 4.79 Å². The Morgan fingerprint density at radius 1 is 1.00 bits per heavy atom. The van der Waals surface area contributed by atoms with Crippen LogP contribution in [-0.2, 0) is 0 Å². The SMILES string of the molecule is Cc1cc(NC(=O)c2c(C)nc3ccccc3c2-c2ccccc2)no1.Cl. The largest absolute Gasteiger partial charge is 0.360 e. The van der Waals surface area contributed by atoms with Crippen LogP contribution in [0.25, 0.3) is 22.0 Å². The Morgan fingerprint density at radius 2 is 1.70 bits per heavy atom. The van der Waals surface area contributed by atoms with Gasteiger partial charge in [0.2, 0.25) is 0 Å². The van der Waals surface area contributed by atoms with E-state index in [0.29, 0.717) is 22.8 Å². The average Bonchev–Trinajstić information content (AvgIpc) is 3.05. The van der Waals surface area contributed by atoms with Gasteiger partial charge in [-0.05, 0) is 25.5 Å². The molecule has 4 rings (SSSR count). The molecule has 2 aromatic heterocycles. The van der Waals surface area contributed by atoms with Gasteiger partial charge in [-0.15, -0.1) is 12.4 Å². The van der Waals surface area contributed by atoms with E-state index in [1.807, 2.05) is 61.5 Å². The molecular formula is C21H18ClN3O2. The maximum Gasteiger partial charge on any atom is 0.259 e. The van der Waals surface area contributed by atoms with Crippen molar-refractivity contribution in [3.63, 3.8) is 0 Å². The molecule has 0 saturated carbocycles. The lowest BCUT2D eigenvalue weighted by atomic mass is 9.94. The second-order valence-electron chi connectivity index (χ2n) is 6.11. The van der Waals surface area contributed by atoms with E-state index in [1.54, 1.807) is 13.0 Å². The highest BCUT2D eigenvalue weighted by Gasteiger charge is 2.21. The van der Waals surface area contributed by atoms with Crippen LogP contribution < -0.4 is 5.32 Å². The van der Waals surface area contributed by atoms with Gasteiger partial charge in [-0.3, -0.25) is 9.78 Å². The number of amides is 1. The summed E-state index contributed by atoms with van der Waals surface area (Å²) in [7, 11) is 0. The number of nitrogens with zero attached hydrogens (tertiary/aromatic N) is 2. The highest BCUT2D eigenvalue weighted by atomic mass is 35.5. The number of aryl methyl sites for hydroxylation is 2. The fourth-order valence-electron chi connectivity index (χ4n) is 3.12. The van der Waals surface area contributed by atoms with Gasteiger partial charge in [0.1, 0.15) is 5.76 Å². The minimum absolute atomic E-state index is 0. The molecule has 0 saturated heterocycles. The zero-order valence-electron chi connectivity index (χ0n) is 14.9. The Kier molecular flexibility index (Phi) is 5.23. The van der Waals surface area contributed by atoms with Crippen LogP contribution in [0.5, 0.6) is 0 Å². The quantitative estimate of drug-likeness (QED) is 0.532. The van der Waals surface area contributed by atoms with Crippen LogP contribution in [0.4, 0.5) is 5.82 Å². The molecule has 1 amide bonds. The van der Waals surface area contributed by atoms with Crippen LogP contribution in [0.3, 0.4) is 0 Å². The third-order valence-corrected chi connectivity index (χ3v) is 4.23. The second kappa shape index (κ2) is 7.60. The predicted molar refractivity (Wildman–Crippen MR) is 108 cm³/mol. The zero-order valence-corrected chi connectivity index (χ0v) is 15.7. The van der Waals surface area contributed by atoms with Crippen LogP contribution in [0.2, 0.25) is 0 Å². The van der Waals surface area contributed by atoms with Crippen LogP contribution in [-0.4, -0.2) is 16.0 Å². The molecule has 136 valence electrons. The standard InChI is InChI=1S/C21H17N3O2.ClH/c1-13-12-18(24-26-13)23-21(25)19-14(2)22-17-11-7-6-10-16(17)20(19)15-8-4-3-5-9-15;/h3-12H,1-2H3,(H,23,24,25);1H. The van der Waals surface area contributed by atoms with Crippen molar-refractivity contribution < 1.29 is 9.32 Å². The maximum absolute atomic E-state index is 13.0. The molecule has 0 bridgehead atoms. The third-order valence-electron chi connectivity index (χ3n) is 4.23. The molecule has 0 aliphatic carbocycles. The van der Waals surface area contributed by atoms with Crippen molar-refractivity contribution in [3.8, 4) is 11.1 Å². The molecule has 0 aliphatic heterocycles. The van der Waals surface area contributed by atoms with E-state index >= 15 is 0 Å². The molecule has 2 aromatic carbocycles. The monoisotopic (exact) mass is 379 g/mol. The van der Waals surface area contributed by atoms with E-state index in [0.717, 1.165) is 22.0 Å². The number of benzene rings is 2. The number of halogens is 1. The Hall–Kier alpha value is -3.18. The average molecular weight is 380 g/mol. The molecule has 4 aromatic rings. The number of pyridine rings is 1. The molecule has 27 heavy (non-hydrogen) atoms. The van der Waals surface area contributed by atoms with Gasteiger partial charge in [-0.2, -0.15) is 0 Å². The first-order valence-corrected chi connectivity index (χ1v) is 8.33. The lowest BCUT2D eigenvalue weighted by molar-refractivity contribution is 0.102. The van der Waals surface area contributed by atoms with Crippen LogP contribution in [0.15, 0.2) is 65.2 Å². The van der Waals surface area contributed by atoms with Crippen molar-refractivity contribution in [3.05, 3.63) is 77.7 Å². The molecule has 2 heterocycles. The molecule has 6 heteroatoms. The summed E-state index contributed by atoms with van der Waals surface area (Å²) in [5, 5.41) is 7.60. The molecule has 1 N–H and O–H groups in total. The molecule has 0 fully saturated rings. The third kappa shape index (κ3) is 3.55. The summed E-state index contributed by atoms with van der Waals surface area (Å²) in [4.78, 5) is 17.7. The molecule has 0 spiro atoms. The second-order valence-corrected chi connectivity index (χ2v) is 6.11. The molecule has 5 nitrogen and oxygen atoms in total. The Balaban J connectivity index is 0.00000210. The first kappa shape index (κ1) is 18.6.